The molecule has 2 N–H and O–H groups in total. The number of amides is 4. The summed E-state index contributed by atoms with van der Waals surface area (Å²) in [6.45, 7) is 1.96. The fourth-order valence-electron chi connectivity index (χ4n) is 3.30. The minimum Gasteiger partial charge on any atom is -0.326 e. The first-order valence-corrected chi connectivity index (χ1v) is 8.49. The van der Waals surface area contributed by atoms with Gasteiger partial charge in [0.1, 0.15) is 5.54 Å². The summed E-state index contributed by atoms with van der Waals surface area (Å²) in [7, 11) is 0. The molecule has 0 aromatic heterocycles. The summed E-state index contributed by atoms with van der Waals surface area (Å²) in [5, 5.41) is 6.11. The van der Waals surface area contributed by atoms with Crippen LogP contribution in [0.2, 0.25) is 5.02 Å². The van der Waals surface area contributed by atoms with E-state index in [9.17, 15) is 14.4 Å². The third-order valence-corrected chi connectivity index (χ3v) is 5.13. The van der Waals surface area contributed by atoms with E-state index in [1.807, 2.05) is 13.0 Å². The second-order valence-electron chi connectivity index (χ2n) is 6.44. The number of anilines is 1. The van der Waals surface area contributed by atoms with Crippen LogP contribution < -0.4 is 10.6 Å². The Labute approximate surface area is 145 Å². The molecule has 2 fully saturated rings. The number of carbonyl (C=O) groups is 3. The highest BCUT2D eigenvalue weighted by molar-refractivity contribution is 6.31. The molecule has 2 aliphatic rings. The smallest absolute Gasteiger partial charge is 0.325 e. The van der Waals surface area contributed by atoms with E-state index < -0.39 is 11.6 Å². The zero-order valence-electron chi connectivity index (χ0n) is 13.5. The van der Waals surface area contributed by atoms with Gasteiger partial charge in [-0.25, -0.2) is 4.79 Å². The van der Waals surface area contributed by atoms with Crippen molar-refractivity contribution in [1.82, 2.24) is 10.2 Å². The molecule has 0 atom stereocenters. The van der Waals surface area contributed by atoms with Gasteiger partial charge in [-0.2, -0.15) is 0 Å². The normalized spacial score (nSPS) is 19.0. The molecule has 128 valence electrons. The van der Waals surface area contributed by atoms with Crippen LogP contribution in [0.15, 0.2) is 18.2 Å². The highest BCUT2D eigenvalue weighted by Crippen LogP contribution is 2.35. The lowest BCUT2D eigenvalue weighted by molar-refractivity contribution is -0.131. The Bertz CT molecular complexity index is 698. The second-order valence-corrected chi connectivity index (χ2v) is 6.85. The summed E-state index contributed by atoms with van der Waals surface area (Å²) in [6, 6.07) is 4.86. The van der Waals surface area contributed by atoms with Crippen molar-refractivity contribution >= 4 is 35.1 Å². The summed E-state index contributed by atoms with van der Waals surface area (Å²) in [5.41, 5.74) is 0.800. The topological polar surface area (TPSA) is 78.5 Å². The van der Waals surface area contributed by atoms with E-state index >= 15 is 0 Å². The van der Waals surface area contributed by atoms with Gasteiger partial charge in [-0.15, -0.1) is 0 Å². The van der Waals surface area contributed by atoms with Gasteiger partial charge in [0.2, 0.25) is 5.91 Å². The predicted molar refractivity (Wildman–Crippen MR) is 90.9 cm³/mol. The van der Waals surface area contributed by atoms with E-state index in [1.54, 1.807) is 12.1 Å². The number of carbonyl (C=O) groups excluding carboxylic acids is 3. The first-order chi connectivity index (χ1) is 11.4. The van der Waals surface area contributed by atoms with Gasteiger partial charge in [0, 0.05) is 23.7 Å². The Morgan fingerprint density at radius 1 is 1.33 bits per heavy atom. The lowest BCUT2D eigenvalue weighted by Crippen LogP contribution is -2.44. The Morgan fingerprint density at radius 3 is 2.71 bits per heavy atom. The highest BCUT2D eigenvalue weighted by atomic mass is 35.5. The molecule has 24 heavy (non-hydrogen) atoms. The van der Waals surface area contributed by atoms with Crippen LogP contribution in [0.5, 0.6) is 0 Å². The molecule has 1 saturated carbocycles. The highest BCUT2D eigenvalue weighted by Gasteiger charge is 2.52. The number of nitrogens with zero attached hydrogens (tertiary/aromatic N) is 1. The molecule has 3 rings (SSSR count). The van der Waals surface area contributed by atoms with Gasteiger partial charge in [-0.05, 0) is 37.5 Å². The number of hydrogen-bond acceptors (Lipinski definition) is 3. The number of nitrogens with one attached hydrogen (secondary N) is 2. The van der Waals surface area contributed by atoms with E-state index in [0.717, 1.165) is 23.3 Å². The standard InChI is InChI=1S/C17H20ClN3O3/c1-11-4-5-12(10-13(11)18)19-14(22)6-9-21-15(23)17(20-16(21)24)7-2-3-8-17/h4-5,10H,2-3,6-9H2,1H3,(H,19,22)(H,20,24). The zero-order chi connectivity index (χ0) is 17.3. The fraction of sp³-hybridized carbons (Fsp3) is 0.471. The molecule has 1 aliphatic heterocycles. The number of imide groups is 1. The molecule has 1 spiro atoms. The molecule has 4 amide bonds. The largest absolute Gasteiger partial charge is 0.326 e. The van der Waals surface area contributed by atoms with Crippen molar-refractivity contribution < 1.29 is 14.4 Å². The molecule has 0 unspecified atom stereocenters. The number of halogens is 1. The van der Waals surface area contributed by atoms with Crippen molar-refractivity contribution in [3.05, 3.63) is 28.8 Å². The Kier molecular flexibility index (Phi) is 4.49. The average Bonchev–Trinajstić information content (AvgIpc) is 3.08. The summed E-state index contributed by atoms with van der Waals surface area (Å²) in [6.07, 6.45) is 3.30. The van der Waals surface area contributed by atoms with Crippen LogP contribution in [0.1, 0.15) is 37.7 Å². The quantitative estimate of drug-likeness (QED) is 0.820. The molecule has 0 bridgehead atoms. The van der Waals surface area contributed by atoms with E-state index in [2.05, 4.69) is 10.6 Å². The molecule has 1 aromatic carbocycles. The molecule has 1 aliphatic carbocycles. The van der Waals surface area contributed by atoms with Crippen LogP contribution in [0.4, 0.5) is 10.5 Å². The van der Waals surface area contributed by atoms with Gasteiger partial charge in [-0.1, -0.05) is 30.5 Å². The van der Waals surface area contributed by atoms with E-state index in [1.165, 1.54) is 0 Å². The SMILES string of the molecule is Cc1ccc(NC(=O)CCN2C(=O)NC3(CCCC3)C2=O)cc1Cl. The zero-order valence-corrected chi connectivity index (χ0v) is 14.3. The van der Waals surface area contributed by atoms with Crippen LogP contribution in [0.25, 0.3) is 0 Å². The number of aryl methyl sites for hydroxylation is 1. The lowest BCUT2D eigenvalue weighted by atomic mass is 9.98. The Morgan fingerprint density at radius 2 is 2.04 bits per heavy atom. The fourth-order valence-corrected chi connectivity index (χ4v) is 3.48. The molecule has 6 nitrogen and oxygen atoms in total. The van der Waals surface area contributed by atoms with Crippen LogP contribution in [0, 0.1) is 6.92 Å². The van der Waals surface area contributed by atoms with Crippen LogP contribution in [-0.2, 0) is 9.59 Å². The van der Waals surface area contributed by atoms with E-state index in [0.29, 0.717) is 23.6 Å². The van der Waals surface area contributed by atoms with E-state index in [4.69, 9.17) is 11.6 Å². The number of rotatable bonds is 4. The van der Waals surface area contributed by atoms with Gasteiger partial charge in [-0.3, -0.25) is 14.5 Å². The average molecular weight is 350 g/mol. The van der Waals surface area contributed by atoms with Crippen molar-refractivity contribution in [3.8, 4) is 0 Å². The summed E-state index contributed by atoms with van der Waals surface area (Å²) < 4.78 is 0. The number of benzene rings is 1. The number of hydrogen-bond donors (Lipinski definition) is 2. The summed E-state index contributed by atoms with van der Waals surface area (Å²) >= 11 is 6.03. The lowest BCUT2D eigenvalue weighted by Gasteiger charge is -2.19. The van der Waals surface area contributed by atoms with Crippen molar-refractivity contribution in [2.45, 2.75) is 44.6 Å². The number of urea groups is 1. The minimum atomic E-state index is -0.724. The second kappa shape index (κ2) is 6.43. The molecule has 7 heteroatoms. The van der Waals surface area contributed by atoms with Crippen molar-refractivity contribution in [2.24, 2.45) is 0 Å². The molecule has 1 heterocycles. The maximum absolute atomic E-state index is 12.5. The van der Waals surface area contributed by atoms with Crippen molar-refractivity contribution in [2.75, 3.05) is 11.9 Å². The third-order valence-electron chi connectivity index (χ3n) is 4.72. The minimum absolute atomic E-state index is 0.0563. The first kappa shape index (κ1) is 16.8. The molecule has 0 radical (unpaired) electrons. The molecule has 1 aromatic rings. The molecule has 1 saturated heterocycles. The van der Waals surface area contributed by atoms with Gasteiger partial charge in [0.15, 0.2) is 0 Å². The van der Waals surface area contributed by atoms with Gasteiger partial charge in [0.05, 0.1) is 0 Å². The van der Waals surface area contributed by atoms with Crippen LogP contribution in [-0.4, -0.2) is 34.8 Å². The maximum Gasteiger partial charge on any atom is 0.325 e. The van der Waals surface area contributed by atoms with Gasteiger partial charge in [0.25, 0.3) is 5.91 Å². The monoisotopic (exact) mass is 349 g/mol. The van der Waals surface area contributed by atoms with Crippen LogP contribution >= 0.6 is 11.6 Å². The first-order valence-electron chi connectivity index (χ1n) is 8.11. The van der Waals surface area contributed by atoms with Crippen molar-refractivity contribution in [3.63, 3.8) is 0 Å². The Balaban J connectivity index is 1.57. The third kappa shape index (κ3) is 3.11. The van der Waals surface area contributed by atoms with Gasteiger partial charge >= 0.3 is 6.03 Å². The maximum atomic E-state index is 12.5. The Hall–Kier alpha value is -2.08. The van der Waals surface area contributed by atoms with Crippen molar-refractivity contribution in [1.29, 1.82) is 0 Å². The molecular weight excluding hydrogens is 330 g/mol. The predicted octanol–water partition coefficient (Wildman–Crippen LogP) is 2.84. The summed E-state index contributed by atoms with van der Waals surface area (Å²) in [5.74, 6) is -0.459. The summed E-state index contributed by atoms with van der Waals surface area (Å²) in [4.78, 5) is 37.8. The molecular formula is C17H20ClN3O3. The van der Waals surface area contributed by atoms with E-state index in [-0.39, 0.29) is 24.8 Å². The van der Waals surface area contributed by atoms with Crippen LogP contribution in [0.3, 0.4) is 0 Å². The van der Waals surface area contributed by atoms with Gasteiger partial charge < -0.3 is 10.6 Å².